The molecule has 0 saturated heterocycles. The summed E-state index contributed by atoms with van der Waals surface area (Å²) in [6.45, 7) is 0. The zero-order chi connectivity index (χ0) is 11.5. The Labute approximate surface area is 99.1 Å². The standard InChI is InChI=1S/C13H11ClO2/c1-16-13-7-10(6-12(15)8-13)9-3-2-4-11(14)5-9/h2-8,15H,1H3. The molecule has 0 heterocycles. The van der Waals surface area contributed by atoms with Gasteiger partial charge in [0, 0.05) is 11.1 Å². The van der Waals surface area contributed by atoms with Gasteiger partial charge in [0.2, 0.25) is 0 Å². The quantitative estimate of drug-likeness (QED) is 0.858. The average molecular weight is 235 g/mol. The van der Waals surface area contributed by atoms with E-state index in [0.29, 0.717) is 10.8 Å². The first kappa shape index (κ1) is 10.8. The fourth-order valence-corrected chi connectivity index (χ4v) is 1.73. The van der Waals surface area contributed by atoms with Crippen LogP contribution in [0.1, 0.15) is 0 Å². The second-order valence-corrected chi connectivity index (χ2v) is 3.87. The van der Waals surface area contributed by atoms with E-state index in [1.807, 2.05) is 30.3 Å². The highest BCUT2D eigenvalue weighted by molar-refractivity contribution is 6.30. The van der Waals surface area contributed by atoms with Crippen LogP contribution in [0.25, 0.3) is 11.1 Å². The molecule has 0 atom stereocenters. The Hall–Kier alpha value is -1.67. The summed E-state index contributed by atoms with van der Waals surface area (Å²) in [6, 6.07) is 12.5. The first-order chi connectivity index (χ1) is 7.69. The van der Waals surface area contributed by atoms with Gasteiger partial charge in [0.1, 0.15) is 11.5 Å². The van der Waals surface area contributed by atoms with Gasteiger partial charge in [-0.25, -0.2) is 0 Å². The third-order valence-electron chi connectivity index (χ3n) is 2.28. The van der Waals surface area contributed by atoms with Gasteiger partial charge in [0.25, 0.3) is 0 Å². The highest BCUT2D eigenvalue weighted by Crippen LogP contribution is 2.30. The van der Waals surface area contributed by atoms with Gasteiger partial charge >= 0.3 is 0 Å². The van der Waals surface area contributed by atoms with Crippen molar-refractivity contribution in [3.8, 4) is 22.6 Å². The van der Waals surface area contributed by atoms with Crippen LogP contribution in [-0.4, -0.2) is 12.2 Å². The molecule has 0 amide bonds. The number of halogens is 1. The number of aromatic hydroxyl groups is 1. The maximum absolute atomic E-state index is 9.54. The molecule has 0 aliphatic heterocycles. The van der Waals surface area contributed by atoms with Gasteiger partial charge < -0.3 is 9.84 Å². The molecular weight excluding hydrogens is 224 g/mol. The van der Waals surface area contributed by atoms with Crippen molar-refractivity contribution in [2.24, 2.45) is 0 Å². The third kappa shape index (κ3) is 2.28. The number of hydrogen-bond donors (Lipinski definition) is 1. The summed E-state index contributed by atoms with van der Waals surface area (Å²) in [5.41, 5.74) is 1.82. The molecule has 82 valence electrons. The summed E-state index contributed by atoms with van der Waals surface area (Å²) in [5, 5.41) is 10.2. The van der Waals surface area contributed by atoms with E-state index in [2.05, 4.69) is 0 Å². The first-order valence-corrected chi connectivity index (χ1v) is 5.21. The molecule has 3 heteroatoms. The lowest BCUT2D eigenvalue weighted by molar-refractivity contribution is 0.408. The minimum atomic E-state index is 0.175. The summed E-state index contributed by atoms with van der Waals surface area (Å²) in [4.78, 5) is 0. The summed E-state index contributed by atoms with van der Waals surface area (Å²) in [6.07, 6.45) is 0. The first-order valence-electron chi connectivity index (χ1n) is 4.83. The summed E-state index contributed by atoms with van der Waals surface area (Å²) >= 11 is 5.91. The van der Waals surface area contributed by atoms with Crippen LogP contribution in [0.2, 0.25) is 5.02 Å². The highest BCUT2D eigenvalue weighted by atomic mass is 35.5. The molecule has 0 radical (unpaired) electrons. The number of methoxy groups -OCH3 is 1. The van der Waals surface area contributed by atoms with E-state index >= 15 is 0 Å². The number of benzene rings is 2. The fraction of sp³-hybridized carbons (Fsp3) is 0.0769. The second kappa shape index (κ2) is 4.45. The van der Waals surface area contributed by atoms with Crippen molar-refractivity contribution in [1.29, 1.82) is 0 Å². The Morgan fingerprint density at radius 1 is 1.06 bits per heavy atom. The van der Waals surface area contributed by atoms with E-state index in [1.165, 1.54) is 0 Å². The van der Waals surface area contributed by atoms with Crippen molar-refractivity contribution >= 4 is 11.6 Å². The van der Waals surface area contributed by atoms with Gasteiger partial charge in [-0.15, -0.1) is 0 Å². The number of hydrogen-bond acceptors (Lipinski definition) is 2. The van der Waals surface area contributed by atoms with Gasteiger partial charge in [0.15, 0.2) is 0 Å². The maximum atomic E-state index is 9.54. The van der Waals surface area contributed by atoms with Crippen molar-refractivity contribution in [2.45, 2.75) is 0 Å². The SMILES string of the molecule is COc1cc(O)cc(-c2cccc(Cl)c2)c1. The topological polar surface area (TPSA) is 29.5 Å². The zero-order valence-corrected chi connectivity index (χ0v) is 9.53. The number of rotatable bonds is 2. The van der Waals surface area contributed by atoms with E-state index in [4.69, 9.17) is 16.3 Å². The Bertz CT molecular complexity index is 509. The van der Waals surface area contributed by atoms with E-state index < -0.39 is 0 Å². The van der Waals surface area contributed by atoms with Crippen molar-refractivity contribution < 1.29 is 9.84 Å². The molecule has 0 bridgehead atoms. The Kier molecular flexibility index (Phi) is 3.02. The van der Waals surface area contributed by atoms with Crippen LogP contribution >= 0.6 is 11.6 Å². The molecule has 2 nitrogen and oxygen atoms in total. The highest BCUT2D eigenvalue weighted by Gasteiger charge is 2.03. The number of phenols is 1. The van der Waals surface area contributed by atoms with Gasteiger partial charge in [-0.05, 0) is 35.4 Å². The van der Waals surface area contributed by atoms with Crippen LogP contribution in [0.3, 0.4) is 0 Å². The monoisotopic (exact) mass is 234 g/mol. The van der Waals surface area contributed by atoms with E-state index in [-0.39, 0.29) is 5.75 Å². The van der Waals surface area contributed by atoms with E-state index in [1.54, 1.807) is 19.2 Å². The lowest BCUT2D eigenvalue weighted by atomic mass is 10.1. The van der Waals surface area contributed by atoms with Crippen LogP contribution in [0.15, 0.2) is 42.5 Å². The minimum absolute atomic E-state index is 0.175. The van der Waals surface area contributed by atoms with Gasteiger partial charge in [-0.3, -0.25) is 0 Å². The molecule has 2 aromatic carbocycles. The molecular formula is C13H11ClO2. The molecule has 0 aliphatic rings. The van der Waals surface area contributed by atoms with Crippen LogP contribution in [0.4, 0.5) is 0 Å². The van der Waals surface area contributed by atoms with Gasteiger partial charge in [-0.1, -0.05) is 23.7 Å². The lowest BCUT2D eigenvalue weighted by Gasteiger charge is -2.06. The largest absolute Gasteiger partial charge is 0.508 e. The van der Waals surface area contributed by atoms with E-state index in [9.17, 15) is 5.11 Å². The third-order valence-corrected chi connectivity index (χ3v) is 2.52. The lowest BCUT2D eigenvalue weighted by Crippen LogP contribution is -1.84. The predicted molar refractivity (Wildman–Crippen MR) is 65.1 cm³/mol. The molecule has 0 aliphatic carbocycles. The summed E-state index contributed by atoms with van der Waals surface area (Å²) in [5.74, 6) is 0.796. The second-order valence-electron chi connectivity index (χ2n) is 3.43. The zero-order valence-electron chi connectivity index (χ0n) is 8.77. The van der Waals surface area contributed by atoms with E-state index in [0.717, 1.165) is 11.1 Å². The maximum Gasteiger partial charge on any atom is 0.123 e. The normalized spacial score (nSPS) is 10.1. The van der Waals surface area contributed by atoms with Gasteiger partial charge in [0.05, 0.1) is 7.11 Å². The van der Waals surface area contributed by atoms with Crippen molar-refractivity contribution in [2.75, 3.05) is 7.11 Å². The molecule has 0 spiro atoms. The minimum Gasteiger partial charge on any atom is -0.508 e. The molecule has 0 unspecified atom stereocenters. The Morgan fingerprint density at radius 3 is 2.56 bits per heavy atom. The smallest absolute Gasteiger partial charge is 0.123 e. The van der Waals surface area contributed by atoms with Crippen molar-refractivity contribution in [3.63, 3.8) is 0 Å². The average Bonchev–Trinajstić information content (AvgIpc) is 2.28. The molecule has 2 aromatic rings. The molecule has 0 aromatic heterocycles. The predicted octanol–water partition coefficient (Wildman–Crippen LogP) is 3.72. The van der Waals surface area contributed by atoms with Crippen LogP contribution in [0.5, 0.6) is 11.5 Å². The Balaban J connectivity index is 2.51. The molecule has 0 saturated carbocycles. The van der Waals surface area contributed by atoms with Crippen LogP contribution in [-0.2, 0) is 0 Å². The van der Waals surface area contributed by atoms with Crippen LogP contribution < -0.4 is 4.74 Å². The van der Waals surface area contributed by atoms with Crippen LogP contribution in [0, 0.1) is 0 Å². The molecule has 16 heavy (non-hydrogen) atoms. The summed E-state index contributed by atoms with van der Waals surface area (Å²) < 4.78 is 5.09. The Morgan fingerprint density at radius 2 is 1.88 bits per heavy atom. The number of phenolic OH excluding ortho intramolecular Hbond substituents is 1. The van der Waals surface area contributed by atoms with Crippen molar-refractivity contribution in [3.05, 3.63) is 47.5 Å². The fourth-order valence-electron chi connectivity index (χ4n) is 1.54. The molecule has 0 fully saturated rings. The molecule has 1 N–H and O–H groups in total. The molecule has 2 rings (SSSR count). The number of ether oxygens (including phenoxy) is 1. The summed E-state index contributed by atoms with van der Waals surface area (Å²) in [7, 11) is 1.57. The van der Waals surface area contributed by atoms with Gasteiger partial charge in [-0.2, -0.15) is 0 Å². The van der Waals surface area contributed by atoms with Crippen molar-refractivity contribution in [1.82, 2.24) is 0 Å².